The minimum absolute atomic E-state index is 0.248. The van der Waals surface area contributed by atoms with Gasteiger partial charge in [-0.2, -0.15) is 5.10 Å². The van der Waals surface area contributed by atoms with E-state index in [1.807, 2.05) is 23.3 Å². The van der Waals surface area contributed by atoms with Crippen molar-refractivity contribution in [3.05, 3.63) is 52.9 Å². The number of halogens is 2. The molecular formula is C15H15BrFN5. The van der Waals surface area contributed by atoms with Gasteiger partial charge < -0.3 is 4.40 Å². The summed E-state index contributed by atoms with van der Waals surface area (Å²) in [5.74, 6) is -0.248. The van der Waals surface area contributed by atoms with Crippen LogP contribution in [0.3, 0.4) is 0 Å². The first-order valence-electron chi connectivity index (χ1n) is 7.22. The van der Waals surface area contributed by atoms with Gasteiger partial charge in [-0.25, -0.2) is 9.37 Å². The third-order valence-electron chi connectivity index (χ3n) is 4.04. The van der Waals surface area contributed by atoms with Crippen molar-refractivity contribution in [1.29, 1.82) is 0 Å². The number of hydrogen-bond donors (Lipinski definition) is 0. The molecule has 1 aliphatic rings. The van der Waals surface area contributed by atoms with E-state index in [0.29, 0.717) is 6.04 Å². The molecule has 4 rings (SSSR count). The van der Waals surface area contributed by atoms with Crippen LogP contribution in [0.1, 0.15) is 18.2 Å². The van der Waals surface area contributed by atoms with Crippen molar-refractivity contribution < 1.29 is 4.39 Å². The van der Waals surface area contributed by atoms with Crippen molar-refractivity contribution in [3.8, 4) is 0 Å². The van der Waals surface area contributed by atoms with Crippen molar-refractivity contribution in [2.24, 2.45) is 0 Å². The topological polar surface area (TPSA) is 38.4 Å². The van der Waals surface area contributed by atoms with Crippen molar-refractivity contribution >= 4 is 21.6 Å². The minimum Gasteiger partial charge on any atom is -0.304 e. The first-order chi connectivity index (χ1) is 10.7. The van der Waals surface area contributed by atoms with Gasteiger partial charge in [0.15, 0.2) is 0 Å². The molecule has 4 heterocycles. The monoisotopic (exact) mass is 363 g/mol. The average molecular weight is 364 g/mol. The Morgan fingerprint density at radius 3 is 3.00 bits per heavy atom. The summed E-state index contributed by atoms with van der Waals surface area (Å²) in [6.45, 7) is 2.75. The molecule has 0 radical (unpaired) electrons. The highest BCUT2D eigenvalue weighted by Gasteiger charge is 2.25. The molecule has 3 aromatic rings. The number of likely N-dealkylation sites (tertiary alicyclic amines) is 1. The Labute approximate surface area is 135 Å². The number of imidazole rings is 1. The van der Waals surface area contributed by atoms with Gasteiger partial charge in [-0.05, 0) is 34.5 Å². The molecule has 0 spiro atoms. The zero-order valence-electron chi connectivity index (χ0n) is 11.9. The quantitative estimate of drug-likeness (QED) is 0.718. The number of pyridine rings is 1. The van der Waals surface area contributed by atoms with Crippen LogP contribution in [0.5, 0.6) is 0 Å². The molecule has 0 saturated carbocycles. The Balaban J connectivity index is 1.47. The number of rotatable bonds is 3. The lowest BCUT2D eigenvalue weighted by atomic mass is 10.3. The molecule has 1 atom stereocenters. The van der Waals surface area contributed by atoms with Gasteiger partial charge in [0.1, 0.15) is 11.5 Å². The summed E-state index contributed by atoms with van der Waals surface area (Å²) in [5.41, 5.74) is 1.75. The van der Waals surface area contributed by atoms with Gasteiger partial charge in [-0.3, -0.25) is 9.58 Å². The van der Waals surface area contributed by atoms with Crippen molar-refractivity contribution in [2.75, 3.05) is 13.1 Å². The smallest absolute Gasteiger partial charge is 0.139 e. The highest BCUT2D eigenvalue weighted by molar-refractivity contribution is 9.10. The van der Waals surface area contributed by atoms with Crippen LogP contribution in [0, 0.1) is 5.82 Å². The lowest BCUT2D eigenvalue weighted by molar-refractivity contribution is 0.308. The molecule has 114 valence electrons. The number of fused-ring (bicyclic) bond motifs is 1. The molecule has 1 fully saturated rings. The third-order valence-corrected chi connectivity index (χ3v) is 4.45. The Hall–Kier alpha value is -1.73. The molecule has 0 aliphatic carbocycles. The van der Waals surface area contributed by atoms with Gasteiger partial charge in [0.25, 0.3) is 0 Å². The lowest BCUT2D eigenvalue weighted by Crippen LogP contribution is -2.21. The maximum absolute atomic E-state index is 13.2. The van der Waals surface area contributed by atoms with Crippen LogP contribution < -0.4 is 0 Å². The lowest BCUT2D eigenvalue weighted by Gasteiger charge is -2.14. The van der Waals surface area contributed by atoms with Crippen LogP contribution in [0.15, 0.2) is 41.4 Å². The van der Waals surface area contributed by atoms with E-state index in [2.05, 4.69) is 30.9 Å². The molecule has 3 aromatic heterocycles. The van der Waals surface area contributed by atoms with Gasteiger partial charge in [0, 0.05) is 38.2 Å². The number of aromatic nitrogens is 4. The maximum Gasteiger partial charge on any atom is 0.139 e. The normalized spacial score (nSPS) is 19.3. The summed E-state index contributed by atoms with van der Waals surface area (Å²) in [6.07, 6.45) is 8.27. The molecule has 7 heteroatoms. The summed E-state index contributed by atoms with van der Waals surface area (Å²) in [5, 5.41) is 4.37. The Bertz CT molecular complexity index is 811. The van der Waals surface area contributed by atoms with Crippen LogP contribution >= 0.6 is 15.9 Å². The Morgan fingerprint density at radius 2 is 2.18 bits per heavy atom. The number of hydrogen-bond acceptors (Lipinski definition) is 3. The molecule has 22 heavy (non-hydrogen) atoms. The van der Waals surface area contributed by atoms with Gasteiger partial charge in [-0.1, -0.05) is 0 Å². The standard InChI is InChI=1S/C15H15BrFN5/c16-11-5-18-22(6-11)14-3-4-20(10-14)8-13-9-21-7-12(17)1-2-15(21)19-13/h1-2,5-7,9,14H,3-4,8,10H2. The fourth-order valence-corrected chi connectivity index (χ4v) is 3.31. The average Bonchev–Trinajstić information content (AvgIpc) is 3.18. The fraction of sp³-hybridized carbons (Fsp3) is 0.333. The Kier molecular flexibility index (Phi) is 3.46. The van der Waals surface area contributed by atoms with E-state index in [-0.39, 0.29) is 5.82 Å². The van der Waals surface area contributed by atoms with Crippen LogP contribution in [0.25, 0.3) is 5.65 Å². The molecule has 0 bridgehead atoms. The SMILES string of the molecule is Fc1ccc2nc(CN3CCC(n4cc(Br)cn4)C3)cn2c1. The zero-order chi connectivity index (χ0) is 15.1. The van der Waals surface area contributed by atoms with Crippen LogP contribution in [-0.2, 0) is 6.54 Å². The molecule has 0 aromatic carbocycles. The van der Waals surface area contributed by atoms with Crippen molar-refractivity contribution in [3.63, 3.8) is 0 Å². The summed E-state index contributed by atoms with van der Waals surface area (Å²) in [4.78, 5) is 6.90. The van der Waals surface area contributed by atoms with E-state index in [4.69, 9.17) is 0 Å². The van der Waals surface area contributed by atoms with Gasteiger partial charge in [0.2, 0.25) is 0 Å². The van der Waals surface area contributed by atoms with E-state index in [9.17, 15) is 4.39 Å². The molecule has 1 saturated heterocycles. The molecule has 1 unspecified atom stereocenters. The summed E-state index contributed by atoms with van der Waals surface area (Å²) < 4.78 is 18.0. The second-order valence-corrected chi connectivity index (χ2v) is 6.58. The summed E-state index contributed by atoms with van der Waals surface area (Å²) >= 11 is 3.43. The second-order valence-electron chi connectivity index (χ2n) is 5.66. The third kappa shape index (κ3) is 2.66. The number of nitrogens with zero attached hydrogens (tertiary/aromatic N) is 5. The van der Waals surface area contributed by atoms with Crippen molar-refractivity contribution in [2.45, 2.75) is 19.0 Å². The fourth-order valence-electron chi connectivity index (χ4n) is 3.01. The predicted octanol–water partition coefficient (Wildman–Crippen LogP) is 2.88. The van der Waals surface area contributed by atoms with Crippen molar-refractivity contribution in [1.82, 2.24) is 24.1 Å². The van der Waals surface area contributed by atoms with Gasteiger partial charge in [0.05, 0.1) is 22.4 Å². The first kappa shape index (κ1) is 13.9. The van der Waals surface area contributed by atoms with E-state index in [1.165, 1.54) is 12.3 Å². The first-order valence-corrected chi connectivity index (χ1v) is 8.02. The molecule has 5 nitrogen and oxygen atoms in total. The second kappa shape index (κ2) is 5.48. The maximum atomic E-state index is 13.2. The van der Waals surface area contributed by atoms with E-state index in [1.54, 1.807) is 10.5 Å². The van der Waals surface area contributed by atoms with Crippen LogP contribution in [0.2, 0.25) is 0 Å². The summed E-state index contributed by atoms with van der Waals surface area (Å²) in [6, 6.07) is 3.54. The predicted molar refractivity (Wildman–Crippen MR) is 84.0 cm³/mol. The largest absolute Gasteiger partial charge is 0.304 e. The summed E-state index contributed by atoms with van der Waals surface area (Å²) in [7, 11) is 0. The van der Waals surface area contributed by atoms with E-state index >= 15 is 0 Å². The molecule has 0 N–H and O–H groups in total. The van der Waals surface area contributed by atoms with Gasteiger partial charge in [-0.15, -0.1) is 0 Å². The zero-order valence-corrected chi connectivity index (χ0v) is 13.4. The Morgan fingerprint density at radius 1 is 1.27 bits per heavy atom. The highest BCUT2D eigenvalue weighted by atomic mass is 79.9. The molecule has 1 aliphatic heterocycles. The van der Waals surface area contributed by atoms with Crippen LogP contribution in [-0.4, -0.2) is 37.2 Å². The van der Waals surface area contributed by atoms with Gasteiger partial charge >= 0.3 is 0 Å². The van der Waals surface area contributed by atoms with E-state index in [0.717, 1.165) is 41.9 Å². The molecule has 0 amide bonds. The highest BCUT2D eigenvalue weighted by Crippen LogP contribution is 2.23. The molecular weight excluding hydrogens is 349 g/mol. The van der Waals surface area contributed by atoms with Crippen LogP contribution in [0.4, 0.5) is 4.39 Å². The minimum atomic E-state index is -0.248. The van der Waals surface area contributed by atoms with E-state index < -0.39 is 0 Å².